The quantitative estimate of drug-likeness (QED) is 0.898. The second-order valence-electron chi connectivity index (χ2n) is 6.13. The molecule has 1 N–H and O–H groups in total. The van der Waals surface area contributed by atoms with Crippen LogP contribution in [-0.2, 0) is 0 Å². The molecule has 3 rings (SSSR count). The van der Waals surface area contributed by atoms with E-state index in [-0.39, 0.29) is 0 Å². The summed E-state index contributed by atoms with van der Waals surface area (Å²) in [6.45, 7) is 3.10. The highest BCUT2D eigenvalue weighted by Crippen LogP contribution is 2.25. The SMILES string of the molecule is CNc1nc(N(C)CC2CCN(c3ccncc3)CC2)ncc1Cl. The Hall–Kier alpha value is -2.08. The zero-order valence-corrected chi connectivity index (χ0v) is 14.9. The highest BCUT2D eigenvalue weighted by Gasteiger charge is 2.21. The molecule has 0 spiro atoms. The van der Waals surface area contributed by atoms with E-state index in [1.54, 1.807) is 6.20 Å². The molecule has 24 heavy (non-hydrogen) atoms. The second-order valence-corrected chi connectivity index (χ2v) is 6.54. The predicted molar refractivity (Wildman–Crippen MR) is 99.0 cm³/mol. The van der Waals surface area contributed by atoms with Gasteiger partial charge in [-0.2, -0.15) is 4.98 Å². The first kappa shape index (κ1) is 16.8. The van der Waals surface area contributed by atoms with Crippen molar-refractivity contribution < 1.29 is 0 Å². The number of nitrogens with one attached hydrogen (secondary N) is 1. The number of piperidine rings is 1. The van der Waals surface area contributed by atoms with E-state index in [4.69, 9.17) is 11.6 Å². The minimum Gasteiger partial charge on any atom is -0.372 e. The first-order valence-electron chi connectivity index (χ1n) is 8.23. The smallest absolute Gasteiger partial charge is 0.227 e. The lowest BCUT2D eigenvalue weighted by atomic mass is 9.96. The van der Waals surface area contributed by atoms with Crippen LogP contribution >= 0.6 is 11.6 Å². The summed E-state index contributed by atoms with van der Waals surface area (Å²) in [6.07, 6.45) is 7.69. The van der Waals surface area contributed by atoms with E-state index in [1.165, 1.54) is 18.5 Å². The molecule has 2 aromatic rings. The Morgan fingerprint density at radius 2 is 2.00 bits per heavy atom. The number of hydrogen-bond acceptors (Lipinski definition) is 6. The molecule has 0 saturated carbocycles. The summed E-state index contributed by atoms with van der Waals surface area (Å²) < 4.78 is 0. The summed E-state index contributed by atoms with van der Waals surface area (Å²) in [5.74, 6) is 2.02. The fraction of sp³-hybridized carbons (Fsp3) is 0.471. The van der Waals surface area contributed by atoms with Crippen LogP contribution in [0.4, 0.5) is 17.5 Å². The van der Waals surface area contributed by atoms with Crippen molar-refractivity contribution in [1.82, 2.24) is 15.0 Å². The van der Waals surface area contributed by atoms with Gasteiger partial charge in [-0.3, -0.25) is 4.98 Å². The Morgan fingerprint density at radius 3 is 2.67 bits per heavy atom. The normalized spacial score (nSPS) is 15.4. The van der Waals surface area contributed by atoms with Gasteiger partial charge in [0.15, 0.2) is 0 Å². The monoisotopic (exact) mass is 346 g/mol. The fourth-order valence-corrected chi connectivity index (χ4v) is 3.30. The average molecular weight is 347 g/mol. The third-order valence-corrected chi connectivity index (χ3v) is 4.76. The number of aromatic nitrogens is 3. The third-order valence-electron chi connectivity index (χ3n) is 4.48. The highest BCUT2D eigenvalue weighted by molar-refractivity contribution is 6.32. The summed E-state index contributed by atoms with van der Waals surface area (Å²) in [4.78, 5) is 17.4. The maximum atomic E-state index is 6.05. The Balaban J connectivity index is 1.56. The second kappa shape index (κ2) is 7.66. The molecule has 0 atom stereocenters. The number of halogens is 1. The third kappa shape index (κ3) is 3.87. The van der Waals surface area contributed by atoms with Gasteiger partial charge < -0.3 is 15.1 Å². The molecule has 1 saturated heterocycles. The van der Waals surface area contributed by atoms with E-state index in [2.05, 4.69) is 42.2 Å². The lowest BCUT2D eigenvalue weighted by Crippen LogP contribution is -2.38. The zero-order valence-electron chi connectivity index (χ0n) is 14.1. The minimum atomic E-state index is 0.542. The van der Waals surface area contributed by atoms with Crippen LogP contribution in [0.5, 0.6) is 0 Å². The van der Waals surface area contributed by atoms with Gasteiger partial charge in [0, 0.05) is 51.8 Å². The summed E-state index contributed by atoms with van der Waals surface area (Å²) in [7, 11) is 3.85. The largest absolute Gasteiger partial charge is 0.372 e. The van der Waals surface area contributed by atoms with Crippen LogP contribution in [0, 0.1) is 5.92 Å². The molecule has 7 heteroatoms. The van der Waals surface area contributed by atoms with Gasteiger partial charge in [-0.25, -0.2) is 4.98 Å². The molecule has 0 unspecified atom stereocenters. The topological polar surface area (TPSA) is 57.2 Å². The van der Waals surface area contributed by atoms with Crippen molar-refractivity contribution in [1.29, 1.82) is 0 Å². The Morgan fingerprint density at radius 1 is 1.29 bits per heavy atom. The molecular formula is C17H23ClN6. The molecule has 0 bridgehead atoms. The van der Waals surface area contributed by atoms with E-state index in [9.17, 15) is 0 Å². The van der Waals surface area contributed by atoms with Crippen molar-refractivity contribution in [3.05, 3.63) is 35.7 Å². The number of rotatable bonds is 5. The van der Waals surface area contributed by atoms with Crippen molar-refractivity contribution in [2.24, 2.45) is 5.92 Å². The molecule has 2 aromatic heterocycles. The van der Waals surface area contributed by atoms with Gasteiger partial charge in [0.1, 0.15) is 10.8 Å². The standard InChI is InChI=1S/C17H23ClN6/c1-19-16-15(18)11-21-17(22-16)23(2)12-13-5-9-24(10-6-13)14-3-7-20-8-4-14/h3-4,7-8,11,13H,5-6,9-10,12H2,1-2H3,(H,19,21,22). The Kier molecular flexibility index (Phi) is 5.35. The minimum absolute atomic E-state index is 0.542. The first-order chi connectivity index (χ1) is 11.7. The molecule has 6 nitrogen and oxygen atoms in total. The molecule has 1 aliphatic heterocycles. The van der Waals surface area contributed by atoms with Crippen LogP contribution in [0.1, 0.15) is 12.8 Å². The fourth-order valence-electron chi connectivity index (χ4n) is 3.11. The summed E-state index contributed by atoms with van der Waals surface area (Å²) >= 11 is 6.05. The Labute approximate surface area is 147 Å². The van der Waals surface area contributed by atoms with Crippen LogP contribution in [0.15, 0.2) is 30.7 Å². The van der Waals surface area contributed by atoms with Crippen molar-refractivity contribution in [3.63, 3.8) is 0 Å². The Bertz CT molecular complexity index is 657. The van der Waals surface area contributed by atoms with E-state index in [1.807, 2.05) is 26.5 Å². The van der Waals surface area contributed by atoms with Crippen LogP contribution in [0.2, 0.25) is 5.02 Å². The van der Waals surface area contributed by atoms with Gasteiger partial charge in [0.2, 0.25) is 5.95 Å². The number of hydrogen-bond donors (Lipinski definition) is 1. The molecule has 1 aliphatic rings. The molecule has 0 radical (unpaired) electrons. The van der Waals surface area contributed by atoms with Gasteiger partial charge in [0.05, 0.1) is 6.20 Å². The van der Waals surface area contributed by atoms with Crippen molar-refractivity contribution in [3.8, 4) is 0 Å². The number of pyridine rings is 1. The molecule has 3 heterocycles. The van der Waals surface area contributed by atoms with Gasteiger partial charge in [-0.15, -0.1) is 0 Å². The molecule has 128 valence electrons. The summed E-state index contributed by atoms with van der Waals surface area (Å²) in [5.41, 5.74) is 1.26. The van der Waals surface area contributed by atoms with Gasteiger partial charge in [-0.1, -0.05) is 11.6 Å². The van der Waals surface area contributed by atoms with Gasteiger partial charge in [0.25, 0.3) is 0 Å². The lowest BCUT2D eigenvalue weighted by molar-refractivity contribution is 0.407. The van der Waals surface area contributed by atoms with Gasteiger partial charge >= 0.3 is 0 Å². The molecule has 0 amide bonds. The molecular weight excluding hydrogens is 324 g/mol. The number of anilines is 3. The zero-order chi connectivity index (χ0) is 16.9. The van der Waals surface area contributed by atoms with Crippen molar-refractivity contribution in [2.75, 3.05) is 48.8 Å². The predicted octanol–water partition coefficient (Wildman–Crippen LogP) is 2.92. The maximum Gasteiger partial charge on any atom is 0.227 e. The molecule has 1 fully saturated rings. The van der Waals surface area contributed by atoms with E-state index < -0.39 is 0 Å². The number of nitrogens with zero attached hydrogens (tertiary/aromatic N) is 5. The average Bonchev–Trinajstić information content (AvgIpc) is 2.63. The highest BCUT2D eigenvalue weighted by atomic mass is 35.5. The van der Waals surface area contributed by atoms with Crippen LogP contribution in [-0.4, -0.2) is 48.7 Å². The molecule has 0 aromatic carbocycles. The van der Waals surface area contributed by atoms with Gasteiger partial charge in [-0.05, 0) is 30.9 Å². The van der Waals surface area contributed by atoms with E-state index in [0.717, 1.165) is 19.6 Å². The van der Waals surface area contributed by atoms with Crippen molar-refractivity contribution >= 4 is 29.1 Å². The summed E-state index contributed by atoms with van der Waals surface area (Å²) in [5, 5.41) is 3.54. The maximum absolute atomic E-state index is 6.05. The van der Waals surface area contributed by atoms with Crippen LogP contribution in [0.25, 0.3) is 0 Å². The lowest BCUT2D eigenvalue weighted by Gasteiger charge is -2.35. The van der Waals surface area contributed by atoms with E-state index in [0.29, 0.717) is 22.7 Å². The van der Waals surface area contributed by atoms with Crippen LogP contribution in [0.3, 0.4) is 0 Å². The molecule has 0 aliphatic carbocycles. The first-order valence-corrected chi connectivity index (χ1v) is 8.61. The van der Waals surface area contributed by atoms with Crippen molar-refractivity contribution in [2.45, 2.75) is 12.8 Å². The van der Waals surface area contributed by atoms with E-state index >= 15 is 0 Å². The van der Waals surface area contributed by atoms with Crippen LogP contribution < -0.4 is 15.1 Å². The summed E-state index contributed by atoms with van der Waals surface area (Å²) in [6, 6.07) is 4.15.